The Balaban J connectivity index is 2.84. The standard InChI is InChI=1S/C13H14FN/c1-13(2,3)10-6-7-11(14)12-9(10)5-4-8-15-12/h4-8H,1-3H3. The number of pyridine rings is 1. The highest BCUT2D eigenvalue weighted by atomic mass is 19.1. The lowest BCUT2D eigenvalue weighted by atomic mass is 9.84. The molecule has 1 aromatic heterocycles. The molecule has 15 heavy (non-hydrogen) atoms. The third-order valence-electron chi connectivity index (χ3n) is 2.53. The van der Waals surface area contributed by atoms with Crippen molar-refractivity contribution >= 4 is 10.9 Å². The molecule has 0 bridgehead atoms. The summed E-state index contributed by atoms with van der Waals surface area (Å²) >= 11 is 0. The smallest absolute Gasteiger partial charge is 0.149 e. The van der Waals surface area contributed by atoms with Gasteiger partial charge in [0.2, 0.25) is 0 Å². The fraction of sp³-hybridized carbons (Fsp3) is 0.308. The van der Waals surface area contributed by atoms with Gasteiger partial charge < -0.3 is 0 Å². The zero-order chi connectivity index (χ0) is 11.1. The van der Waals surface area contributed by atoms with Crippen molar-refractivity contribution in [3.05, 3.63) is 41.8 Å². The monoisotopic (exact) mass is 203 g/mol. The summed E-state index contributed by atoms with van der Waals surface area (Å²) in [6, 6.07) is 7.11. The largest absolute Gasteiger partial charge is 0.253 e. The van der Waals surface area contributed by atoms with Crippen molar-refractivity contribution in [1.29, 1.82) is 0 Å². The minimum atomic E-state index is -0.251. The third kappa shape index (κ3) is 1.72. The lowest BCUT2D eigenvalue weighted by Gasteiger charge is -2.21. The van der Waals surface area contributed by atoms with E-state index in [2.05, 4.69) is 25.8 Å². The molecular weight excluding hydrogens is 189 g/mol. The molecule has 0 fully saturated rings. The molecule has 0 saturated heterocycles. The van der Waals surface area contributed by atoms with Crippen LogP contribution < -0.4 is 0 Å². The number of benzene rings is 1. The Kier molecular flexibility index (Phi) is 2.22. The van der Waals surface area contributed by atoms with Crippen LogP contribution in [-0.4, -0.2) is 4.98 Å². The molecular formula is C13H14FN. The Morgan fingerprint density at radius 3 is 2.53 bits per heavy atom. The summed E-state index contributed by atoms with van der Waals surface area (Å²) in [5.41, 5.74) is 1.60. The first-order chi connectivity index (χ1) is 7.00. The molecule has 0 radical (unpaired) electrons. The molecule has 0 aliphatic carbocycles. The first-order valence-corrected chi connectivity index (χ1v) is 5.04. The molecule has 0 saturated carbocycles. The van der Waals surface area contributed by atoms with Crippen LogP contribution >= 0.6 is 0 Å². The third-order valence-corrected chi connectivity index (χ3v) is 2.53. The van der Waals surface area contributed by atoms with Gasteiger partial charge in [-0.05, 0) is 23.1 Å². The fourth-order valence-electron chi connectivity index (χ4n) is 1.79. The quantitative estimate of drug-likeness (QED) is 0.636. The van der Waals surface area contributed by atoms with E-state index in [9.17, 15) is 4.39 Å². The van der Waals surface area contributed by atoms with Crippen molar-refractivity contribution in [2.75, 3.05) is 0 Å². The zero-order valence-electron chi connectivity index (χ0n) is 9.21. The van der Waals surface area contributed by atoms with Crippen molar-refractivity contribution in [2.24, 2.45) is 0 Å². The molecule has 0 aliphatic rings. The first kappa shape index (κ1) is 10.1. The van der Waals surface area contributed by atoms with Gasteiger partial charge in [-0.2, -0.15) is 0 Å². The maximum Gasteiger partial charge on any atom is 0.149 e. The second-order valence-corrected chi connectivity index (χ2v) is 4.74. The van der Waals surface area contributed by atoms with Gasteiger partial charge in [-0.15, -0.1) is 0 Å². The normalized spacial score (nSPS) is 12.0. The van der Waals surface area contributed by atoms with E-state index in [1.807, 2.05) is 18.2 Å². The number of fused-ring (bicyclic) bond motifs is 1. The molecule has 2 heteroatoms. The number of hydrogen-bond donors (Lipinski definition) is 0. The van der Waals surface area contributed by atoms with Crippen molar-refractivity contribution in [1.82, 2.24) is 4.98 Å². The van der Waals surface area contributed by atoms with Crippen molar-refractivity contribution in [3.8, 4) is 0 Å². The highest BCUT2D eigenvalue weighted by molar-refractivity contribution is 5.83. The van der Waals surface area contributed by atoms with Gasteiger partial charge in [0.25, 0.3) is 0 Å². The zero-order valence-corrected chi connectivity index (χ0v) is 9.21. The van der Waals surface area contributed by atoms with Crippen LogP contribution in [0.25, 0.3) is 10.9 Å². The Labute approximate surface area is 89.0 Å². The summed E-state index contributed by atoms with van der Waals surface area (Å²) in [5, 5.41) is 0.907. The van der Waals surface area contributed by atoms with E-state index in [0.29, 0.717) is 5.52 Å². The highest BCUT2D eigenvalue weighted by Gasteiger charge is 2.18. The van der Waals surface area contributed by atoms with E-state index >= 15 is 0 Å². The van der Waals surface area contributed by atoms with E-state index in [1.54, 1.807) is 6.20 Å². The number of hydrogen-bond acceptors (Lipinski definition) is 1. The minimum absolute atomic E-state index is 0.00891. The summed E-state index contributed by atoms with van der Waals surface area (Å²) in [5.74, 6) is -0.251. The average molecular weight is 203 g/mol. The predicted octanol–water partition coefficient (Wildman–Crippen LogP) is 3.67. The number of halogens is 1. The summed E-state index contributed by atoms with van der Waals surface area (Å²) in [6.45, 7) is 6.35. The van der Waals surface area contributed by atoms with E-state index in [1.165, 1.54) is 6.07 Å². The van der Waals surface area contributed by atoms with Crippen LogP contribution in [0.4, 0.5) is 4.39 Å². The molecule has 0 N–H and O–H groups in total. The summed E-state index contributed by atoms with van der Waals surface area (Å²) in [7, 11) is 0. The van der Waals surface area contributed by atoms with Gasteiger partial charge >= 0.3 is 0 Å². The molecule has 0 aliphatic heterocycles. The molecule has 0 atom stereocenters. The van der Waals surface area contributed by atoms with Gasteiger partial charge in [-0.3, -0.25) is 4.98 Å². The molecule has 2 rings (SSSR count). The number of rotatable bonds is 0. The number of aromatic nitrogens is 1. The average Bonchev–Trinajstić information content (AvgIpc) is 2.17. The van der Waals surface area contributed by atoms with E-state index in [0.717, 1.165) is 10.9 Å². The second-order valence-electron chi connectivity index (χ2n) is 4.74. The summed E-state index contributed by atoms with van der Waals surface area (Å²) in [6.07, 6.45) is 1.62. The highest BCUT2D eigenvalue weighted by Crippen LogP contribution is 2.29. The molecule has 1 heterocycles. The predicted molar refractivity (Wildman–Crippen MR) is 60.4 cm³/mol. The SMILES string of the molecule is CC(C)(C)c1ccc(F)c2ncccc12. The fourth-order valence-corrected chi connectivity index (χ4v) is 1.79. The first-order valence-electron chi connectivity index (χ1n) is 5.04. The maximum absolute atomic E-state index is 13.5. The minimum Gasteiger partial charge on any atom is -0.253 e. The van der Waals surface area contributed by atoms with Crippen LogP contribution in [0.3, 0.4) is 0 Å². The van der Waals surface area contributed by atoms with E-state index < -0.39 is 0 Å². The Hall–Kier alpha value is -1.44. The Bertz CT molecular complexity index is 497. The number of nitrogens with zero attached hydrogens (tertiary/aromatic N) is 1. The van der Waals surface area contributed by atoms with Crippen LogP contribution in [0.15, 0.2) is 30.5 Å². The van der Waals surface area contributed by atoms with Gasteiger partial charge in [0.1, 0.15) is 11.3 Å². The summed E-state index contributed by atoms with van der Waals surface area (Å²) in [4.78, 5) is 4.08. The van der Waals surface area contributed by atoms with E-state index in [-0.39, 0.29) is 11.2 Å². The lowest BCUT2D eigenvalue weighted by Crippen LogP contribution is -2.12. The van der Waals surface area contributed by atoms with Crippen molar-refractivity contribution in [3.63, 3.8) is 0 Å². The molecule has 1 aromatic carbocycles. The van der Waals surface area contributed by atoms with Gasteiger partial charge in [0, 0.05) is 11.6 Å². The molecule has 0 amide bonds. The van der Waals surface area contributed by atoms with Crippen LogP contribution in [0, 0.1) is 5.82 Å². The van der Waals surface area contributed by atoms with Crippen molar-refractivity contribution < 1.29 is 4.39 Å². The van der Waals surface area contributed by atoms with Crippen LogP contribution in [-0.2, 0) is 5.41 Å². The van der Waals surface area contributed by atoms with Crippen molar-refractivity contribution in [2.45, 2.75) is 26.2 Å². The summed E-state index contributed by atoms with van der Waals surface area (Å²) < 4.78 is 13.5. The van der Waals surface area contributed by atoms with Crippen LogP contribution in [0.1, 0.15) is 26.3 Å². The van der Waals surface area contributed by atoms with Gasteiger partial charge in [-0.1, -0.05) is 32.9 Å². The Morgan fingerprint density at radius 2 is 1.87 bits per heavy atom. The molecule has 78 valence electrons. The van der Waals surface area contributed by atoms with Crippen LogP contribution in [0.2, 0.25) is 0 Å². The van der Waals surface area contributed by atoms with Gasteiger partial charge in [0.05, 0.1) is 0 Å². The topological polar surface area (TPSA) is 12.9 Å². The molecule has 1 nitrogen and oxygen atoms in total. The molecule has 2 aromatic rings. The lowest BCUT2D eigenvalue weighted by molar-refractivity contribution is 0.591. The van der Waals surface area contributed by atoms with Gasteiger partial charge in [-0.25, -0.2) is 4.39 Å². The van der Waals surface area contributed by atoms with Crippen LogP contribution in [0.5, 0.6) is 0 Å². The van der Waals surface area contributed by atoms with E-state index in [4.69, 9.17) is 0 Å². The van der Waals surface area contributed by atoms with Gasteiger partial charge in [0.15, 0.2) is 0 Å². The Morgan fingerprint density at radius 1 is 1.13 bits per heavy atom. The molecule has 0 unspecified atom stereocenters. The maximum atomic E-state index is 13.5. The molecule has 0 spiro atoms. The second kappa shape index (κ2) is 3.30.